The van der Waals surface area contributed by atoms with Crippen molar-refractivity contribution in [1.29, 1.82) is 0 Å². The molecule has 0 saturated heterocycles. The summed E-state index contributed by atoms with van der Waals surface area (Å²) >= 11 is 0. The van der Waals surface area contributed by atoms with Gasteiger partial charge in [0.25, 0.3) is 0 Å². The Bertz CT molecular complexity index is 211. The van der Waals surface area contributed by atoms with E-state index in [1.165, 1.54) is 0 Å². The second-order valence-corrected chi connectivity index (χ2v) is 1.62. The molecule has 0 aliphatic heterocycles. The molecule has 0 unspecified atom stereocenters. The zero-order chi connectivity index (χ0) is 7.98. The molecule has 58 valence electrons. The van der Waals surface area contributed by atoms with Crippen LogP contribution in [0.15, 0.2) is 11.0 Å². The first-order valence-corrected chi connectivity index (χ1v) is 3.59. The summed E-state index contributed by atoms with van der Waals surface area (Å²) in [5.41, 5.74) is 0.830. The van der Waals surface area contributed by atoms with Crippen LogP contribution < -0.4 is 5.69 Å². The van der Waals surface area contributed by atoms with E-state index in [-0.39, 0.29) is 5.69 Å². The number of hydrogen-bond donors (Lipinski definition) is 2. The number of H-pyrrole nitrogens is 2. The highest BCUT2D eigenvalue weighted by Gasteiger charge is 1.87. The average Bonchev–Trinajstić information content (AvgIpc) is 2.40. The van der Waals surface area contributed by atoms with Crippen molar-refractivity contribution in [3.05, 3.63) is 22.4 Å². The summed E-state index contributed by atoms with van der Waals surface area (Å²) < 4.78 is 0. The smallest absolute Gasteiger partial charge is 0.313 e. The van der Waals surface area contributed by atoms with Gasteiger partial charge in [0.15, 0.2) is 0 Å². The summed E-state index contributed by atoms with van der Waals surface area (Å²) in [6, 6.07) is 0. The van der Waals surface area contributed by atoms with Crippen LogP contribution in [0.3, 0.4) is 0 Å². The van der Waals surface area contributed by atoms with Crippen molar-refractivity contribution in [2.75, 3.05) is 0 Å². The number of aromatic amines is 2. The lowest BCUT2D eigenvalue weighted by atomic mass is 10.4. The third-order valence-corrected chi connectivity index (χ3v) is 1.03. The topological polar surface area (TPSA) is 48.6 Å². The second-order valence-electron chi connectivity index (χ2n) is 1.62. The molecule has 0 aliphatic carbocycles. The summed E-state index contributed by atoms with van der Waals surface area (Å²) in [4.78, 5) is 15.5. The molecule has 0 amide bonds. The van der Waals surface area contributed by atoms with E-state index in [1.54, 1.807) is 6.20 Å². The summed E-state index contributed by atoms with van der Waals surface area (Å²) in [6.45, 7) is 5.99. The van der Waals surface area contributed by atoms with Gasteiger partial charge < -0.3 is 9.97 Å². The van der Waals surface area contributed by atoms with Crippen LogP contribution in [0.5, 0.6) is 0 Å². The number of imidazole rings is 1. The molecular formula is C7H14N2O. The van der Waals surface area contributed by atoms with Crippen molar-refractivity contribution in [1.82, 2.24) is 9.97 Å². The molecule has 0 spiro atoms. The number of hydrogen-bond acceptors (Lipinski definition) is 1. The van der Waals surface area contributed by atoms with Gasteiger partial charge in [-0.15, -0.1) is 0 Å². The van der Waals surface area contributed by atoms with E-state index in [0.29, 0.717) is 0 Å². The van der Waals surface area contributed by atoms with Gasteiger partial charge in [-0.2, -0.15) is 0 Å². The fourth-order valence-electron chi connectivity index (χ4n) is 0.561. The van der Waals surface area contributed by atoms with E-state index >= 15 is 0 Å². The third kappa shape index (κ3) is 2.53. The Morgan fingerprint density at radius 2 is 2.10 bits per heavy atom. The van der Waals surface area contributed by atoms with Crippen molar-refractivity contribution in [3.63, 3.8) is 0 Å². The zero-order valence-corrected chi connectivity index (χ0v) is 6.69. The van der Waals surface area contributed by atoms with Gasteiger partial charge in [-0.3, -0.25) is 0 Å². The van der Waals surface area contributed by atoms with Crippen molar-refractivity contribution >= 4 is 0 Å². The first-order valence-electron chi connectivity index (χ1n) is 3.59. The molecule has 2 N–H and O–H groups in total. The molecule has 1 rings (SSSR count). The summed E-state index contributed by atoms with van der Waals surface area (Å²) in [6.07, 6.45) is 2.56. The summed E-state index contributed by atoms with van der Waals surface area (Å²) in [5, 5.41) is 0. The lowest BCUT2D eigenvalue weighted by Crippen LogP contribution is -2.00. The fourth-order valence-corrected chi connectivity index (χ4v) is 0.561. The molecule has 1 heterocycles. The van der Waals surface area contributed by atoms with E-state index in [1.807, 2.05) is 20.8 Å². The molecule has 0 bridgehead atoms. The Balaban J connectivity index is 0.000000371. The Labute approximate surface area is 60.5 Å². The monoisotopic (exact) mass is 142 g/mol. The molecule has 0 radical (unpaired) electrons. The largest absolute Gasteiger partial charge is 0.323 e. The van der Waals surface area contributed by atoms with E-state index in [4.69, 9.17) is 0 Å². The van der Waals surface area contributed by atoms with Crippen LogP contribution in [0.2, 0.25) is 0 Å². The minimum Gasteiger partial charge on any atom is -0.313 e. The van der Waals surface area contributed by atoms with Gasteiger partial charge >= 0.3 is 5.69 Å². The molecule has 3 nitrogen and oxygen atoms in total. The highest BCUT2D eigenvalue weighted by atomic mass is 16.1. The molecular weight excluding hydrogens is 128 g/mol. The Hall–Kier alpha value is -0.990. The van der Waals surface area contributed by atoms with Gasteiger partial charge in [0, 0.05) is 11.9 Å². The maximum atomic E-state index is 10.3. The van der Waals surface area contributed by atoms with Crippen molar-refractivity contribution in [2.45, 2.75) is 27.2 Å². The van der Waals surface area contributed by atoms with Gasteiger partial charge in [0.2, 0.25) is 0 Å². The predicted molar refractivity (Wildman–Crippen MR) is 42.1 cm³/mol. The van der Waals surface area contributed by atoms with E-state index in [2.05, 4.69) is 9.97 Å². The maximum absolute atomic E-state index is 10.3. The Morgan fingerprint density at radius 3 is 2.30 bits per heavy atom. The van der Waals surface area contributed by atoms with E-state index in [9.17, 15) is 4.79 Å². The van der Waals surface area contributed by atoms with Crippen LogP contribution in [0.4, 0.5) is 0 Å². The van der Waals surface area contributed by atoms with Gasteiger partial charge in [0.1, 0.15) is 0 Å². The molecule has 0 aliphatic rings. The van der Waals surface area contributed by atoms with Crippen molar-refractivity contribution in [2.24, 2.45) is 0 Å². The fraction of sp³-hybridized carbons (Fsp3) is 0.571. The number of aromatic nitrogens is 2. The van der Waals surface area contributed by atoms with Gasteiger partial charge in [0.05, 0.1) is 0 Å². The molecule has 0 atom stereocenters. The molecule has 0 aromatic carbocycles. The molecule has 0 fully saturated rings. The zero-order valence-electron chi connectivity index (χ0n) is 6.69. The maximum Gasteiger partial charge on any atom is 0.323 e. The molecule has 1 aromatic rings. The SMILES string of the molecule is CC.CCc1c[nH]c(=O)[nH]1. The highest BCUT2D eigenvalue weighted by molar-refractivity contribution is 4.92. The lowest BCUT2D eigenvalue weighted by molar-refractivity contribution is 1.05. The first kappa shape index (κ1) is 9.01. The van der Waals surface area contributed by atoms with Crippen LogP contribution in [-0.2, 0) is 6.42 Å². The molecule has 10 heavy (non-hydrogen) atoms. The first-order chi connectivity index (χ1) is 4.83. The minimum absolute atomic E-state index is 0.123. The third-order valence-electron chi connectivity index (χ3n) is 1.03. The van der Waals surface area contributed by atoms with Gasteiger partial charge in [-0.1, -0.05) is 20.8 Å². The van der Waals surface area contributed by atoms with Crippen LogP contribution in [0.25, 0.3) is 0 Å². The quantitative estimate of drug-likeness (QED) is 0.610. The highest BCUT2D eigenvalue weighted by Crippen LogP contribution is 1.84. The molecule has 0 saturated carbocycles. The number of aryl methyl sites for hydroxylation is 1. The van der Waals surface area contributed by atoms with Crippen LogP contribution in [0, 0.1) is 0 Å². The van der Waals surface area contributed by atoms with Crippen LogP contribution >= 0.6 is 0 Å². The minimum atomic E-state index is -0.123. The standard InChI is InChI=1S/C5H8N2O.C2H6/c1-2-4-3-6-5(8)7-4;1-2/h3H,2H2,1H3,(H2,6,7,8);1-2H3. The molecule has 1 aromatic heterocycles. The average molecular weight is 142 g/mol. The summed E-state index contributed by atoms with van der Waals surface area (Å²) in [7, 11) is 0. The second kappa shape index (κ2) is 4.85. The number of rotatable bonds is 1. The van der Waals surface area contributed by atoms with E-state index in [0.717, 1.165) is 12.1 Å². The van der Waals surface area contributed by atoms with Crippen molar-refractivity contribution < 1.29 is 0 Å². The number of nitrogens with one attached hydrogen (secondary N) is 2. The lowest BCUT2D eigenvalue weighted by Gasteiger charge is -1.79. The Morgan fingerprint density at radius 1 is 1.50 bits per heavy atom. The predicted octanol–water partition coefficient (Wildman–Crippen LogP) is 1.29. The molecule has 3 heteroatoms. The van der Waals surface area contributed by atoms with Gasteiger partial charge in [-0.05, 0) is 6.42 Å². The van der Waals surface area contributed by atoms with Crippen LogP contribution in [-0.4, -0.2) is 9.97 Å². The Kier molecular flexibility index (Phi) is 4.37. The summed E-state index contributed by atoms with van der Waals surface area (Å²) in [5.74, 6) is 0. The van der Waals surface area contributed by atoms with E-state index < -0.39 is 0 Å². The van der Waals surface area contributed by atoms with Crippen molar-refractivity contribution in [3.8, 4) is 0 Å². The van der Waals surface area contributed by atoms with Crippen LogP contribution in [0.1, 0.15) is 26.5 Å². The van der Waals surface area contributed by atoms with Gasteiger partial charge in [-0.25, -0.2) is 4.79 Å². The normalized spacial score (nSPS) is 8.30.